The van der Waals surface area contributed by atoms with Crippen molar-refractivity contribution in [3.8, 4) is 22.1 Å². The number of carbonyl (C=O) groups is 1. The van der Waals surface area contributed by atoms with Gasteiger partial charge in [0.05, 0.1) is 16.7 Å². The van der Waals surface area contributed by atoms with Gasteiger partial charge in [-0.2, -0.15) is 0 Å². The summed E-state index contributed by atoms with van der Waals surface area (Å²) >= 11 is 7.38. The highest BCUT2D eigenvalue weighted by molar-refractivity contribution is 7.16. The lowest BCUT2D eigenvalue weighted by molar-refractivity contribution is 0.100. The van der Waals surface area contributed by atoms with E-state index in [0.29, 0.717) is 27.3 Å². The Morgan fingerprint density at radius 1 is 1.15 bits per heavy atom. The van der Waals surface area contributed by atoms with Crippen molar-refractivity contribution >= 4 is 39.9 Å². The van der Waals surface area contributed by atoms with Gasteiger partial charge in [0.1, 0.15) is 23.6 Å². The fourth-order valence-corrected chi connectivity index (χ4v) is 5.23. The molecule has 0 saturated carbocycles. The standard InChI is InChI=1S/C24H24ClN5O2S/c25-17-6-4-5-16(13-17)21-22(23(26)31)33-24(28-21)30-15-27-19-8-7-18(14-20(19)30)32-12-11-29-9-2-1-3-10-29/h4-8,13-15H,1-3,9-12H2,(H2,26,31). The summed E-state index contributed by atoms with van der Waals surface area (Å²) in [4.78, 5) is 24.2. The Labute approximate surface area is 200 Å². The molecule has 5 rings (SSSR count). The molecule has 1 aliphatic heterocycles. The van der Waals surface area contributed by atoms with E-state index < -0.39 is 5.91 Å². The van der Waals surface area contributed by atoms with Gasteiger partial charge >= 0.3 is 0 Å². The van der Waals surface area contributed by atoms with Gasteiger partial charge in [0.2, 0.25) is 0 Å². The van der Waals surface area contributed by atoms with E-state index in [2.05, 4.69) is 9.88 Å². The number of hydrogen-bond acceptors (Lipinski definition) is 6. The zero-order valence-electron chi connectivity index (χ0n) is 18.0. The van der Waals surface area contributed by atoms with E-state index in [1.807, 2.05) is 34.9 Å². The number of ether oxygens (including phenoxy) is 1. The number of likely N-dealkylation sites (tertiary alicyclic amines) is 1. The number of carbonyl (C=O) groups excluding carboxylic acids is 1. The van der Waals surface area contributed by atoms with Gasteiger partial charge in [-0.3, -0.25) is 14.3 Å². The monoisotopic (exact) mass is 481 g/mol. The Morgan fingerprint density at radius 2 is 2.00 bits per heavy atom. The van der Waals surface area contributed by atoms with Crippen LogP contribution >= 0.6 is 22.9 Å². The number of primary amides is 1. The number of rotatable bonds is 7. The average Bonchev–Trinajstić information content (AvgIpc) is 3.44. The topological polar surface area (TPSA) is 86.3 Å². The minimum absolute atomic E-state index is 0.378. The van der Waals surface area contributed by atoms with Crippen LogP contribution in [0.2, 0.25) is 5.02 Å². The molecule has 0 unspecified atom stereocenters. The molecular formula is C24H24ClN5O2S. The summed E-state index contributed by atoms with van der Waals surface area (Å²) in [6, 6.07) is 13.1. The van der Waals surface area contributed by atoms with Crippen LogP contribution in [-0.2, 0) is 0 Å². The molecule has 2 aromatic heterocycles. The molecule has 170 valence electrons. The summed E-state index contributed by atoms with van der Waals surface area (Å²) < 4.78 is 7.90. The number of piperidine rings is 1. The Kier molecular flexibility index (Phi) is 6.30. The van der Waals surface area contributed by atoms with Crippen LogP contribution in [0.3, 0.4) is 0 Å². The van der Waals surface area contributed by atoms with E-state index in [4.69, 9.17) is 27.1 Å². The van der Waals surface area contributed by atoms with Crippen molar-refractivity contribution in [2.75, 3.05) is 26.2 Å². The summed E-state index contributed by atoms with van der Waals surface area (Å²) in [6.07, 6.45) is 5.56. The van der Waals surface area contributed by atoms with Crippen LogP contribution in [0.4, 0.5) is 0 Å². The molecule has 0 spiro atoms. The molecule has 33 heavy (non-hydrogen) atoms. The molecule has 2 aromatic carbocycles. The zero-order chi connectivity index (χ0) is 22.8. The number of thiazole rings is 1. The van der Waals surface area contributed by atoms with Gasteiger partial charge in [-0.25, -0.2) is 9.97 Å². The van der Waals surface area contributed by atoms with E-state index in [1.165, 1.54) is 30.6 Å². The van der Waals surface area contributed by atoms with Crippen LogP contribution in [-0.4, -0.2) is 51.6 Å². The smallest absolute Gasteiger partial charge is 0.261 e. The highest BCUT2D eigenvalue weighted by atomic mass is 35.5. The van der Waals surface area contributed by atoms with Crippen molar-refractivity contribution in [2.24, 2.45) is 5.73 Å². The quantitative estimate of drug-likeness (QED) is 0.411. The number of hydrogen-bond donors (Lipinski definition) is 1. The van der Waals surface area contributed by atoms with Crippen LogP contribution < -0.4 is 10.5 Å². The minimum atomic E-state index is -0.528. The number of fused-ring (bicyclic) bond motifs is 1. The second-order valence-electron chi connectivity index (χ2n) is 8.06. The van der Waals surface area contributed by atoms with Gasteiger partial charge in [-0.05, 0) is 50.2 Å². The maximum absolute atomic E-state index is 12.1. The van der Waals surface area contributed by atoms with Gasteiger partial charge in [0.25, 0.3) is 5.91 Å². The van der Waals surface area contributed by atoms with Gasteiger partial charge in [-0.1, -0.05) is 41.5 Å². The van der Waals surface area contributed by atoms with E-state index in [0.717, 1.165) is 42.0 Å². The first-order valence-corrected chi connectivity index (χ1v) is 12.2. The van der Waals surface area contributed by atoms with Crippen molar-refractivity contribution in [3.05, 3.63) is 58.7 Å². The molecule has 7 nitrogen and oxygen atoms in total. The fourth-order valence-electron chi connectivity index (χ4n) is 4.12. The predicted octanol–water partition coefficient (Wildman–Crippen LogP) is 4.77. The number of nitrogens with two attached hydrogens (primary N) is 1. The van der Waals surface area contributed by atoms with E-state index in [1.54, 1.807) is 18.5 Å². The van der Waals surface area contributed by atoms with Crippen LogP contribution in [0.1, 0.15) is 28.9 Å². The fraction of sp³-hybridized carbons (Fsp3) is 0.292. The molecular weight excluding hydrogens is 458 g/mol. The first-order chi connectivity index (χ1) is 16.1. The SMILES string of the molecule is NC(=O)c1sc(-n2cnc3ccc(OCCN4CCCCC4)cc32)nc1-c1cccc(Cl)c1. The predicted molar refractivity (Wildman–Crippen MR) is 131 cm³/mol. The van der Waals surface area contributed by atoms with Crippen LogP contribution in [0.15, 0.2) is 48.8 Å². The number of imidazole rings is 1. The van der Waals surface area contributed by atoms with Crippen molar-refractivity contribution in [2.45, 2.75) is 19.3 Å². The first-order valence-electron chi connectivity index (χ1n) is 11.0. The maximum atomic E-state index is 12.1. The van der Waals surface area contributed by atoms with Gasteiger partial charge in [0, 0.05) is 23.2 Å². The largest absolute Gasteiger partial charge is 0.492 e. The lowest BCUT2D eigenvalue weighted by Gasteiger charge is -2.26. The molecule has 0 atom stereocenters. The Hall–Kier alpha value is -2.94. The number of amides is 1. The normalized spacial score (nSPS) is 14.6. The molecule has 0 bridgehead atoms. The molecule has 1 aliphatic rings. The molecule has 0 radical (unpaired) electrons. The molecule has 1 amide bonds. The van der Waals surface area contributed by atoms with Crippen LogP contribution in [0, 0.1) is 0 Å². The van der Waals surface area contributed by atoms with Gasteiger partial charge < -0.3 is 10.5 Å². The molecule has 0 aliphatic carbocycles. The average molecular weight is 482 g/mol. The molecule has 1 fully saturated rings. The number of nitrogens with zero attached hydrogens (tertiary/aromatic N) is 4. The highest BCUT2D eigenvalue weighted by Crippen LogP contribution is 2.33. The van der Waals surface area contributed by atoms with Crippen molar-refractivity contribution in [1.29, 1.82) is 0 Å². The molecule has 9 heteroatoms. The van der Waals surface area contributed by atoms with Gasteiger partial charge in [-0.15, -0.1) is 0 Å². The lowest BCUT2D eigenvalue weighted by Crippen LogP contribution is -2.33. The minimum Gasteiger partial charge on any atom is -0.492 e. The molecule has 1 saturated heterocycles. The van der Waals surface area contributed by atoms with Gasteiger partial charge in [0.15, 0.2) is 5.13 Å². The first kappa shape index (κ1) is 21.9. The summed E-state index contributed by atoms with van der Waals surface area (Å²) in [6.45, 7) is 3.86. The third-order valence-electron chi connectivity index (χ3n) is 5.79. The Bertz CT molecular complexity index is 1300. The third kappa shape index (κ3) is 4.73. The van der Waals surface area contributed by atoms with Crippen molar-refractivity contribution in [1.82, 2.24) is 19.4 Å². The second-order valence-corrected chi connectivity index (χ2v) is 9.48. The van der Waals surface area contributed by atoms with E-state index >= 15 is 0 Å². The van der Waals surface area contributed by atoms with E-state index in [-0.39, 0.29) is 0 Å². The Morgan fingerprint density at radius 3 is 2.79 bits per heavy atom. The Balaban J connectivity index is 1.43. The summed E-state index contributed by atoms with van der Waals surface area (Å²) in [7, 11) is 0. The summed E-state index contributed by atoms with van der Waals surface area (Å²) in [5.41, 5.74) is 8.59. The van der Waals surface area contributed by atoms with Crippen molar-refractivity contribution in [3.63, 3.8) is 0 Å². The maximum Gasteiger partial charge on any atom is 0.261 e. The molecule has 3 heterocycles. The zero-order valence-corrected chi connectivity index (χ0v) is 19.6. The van der Waals surface area contributed by atoms with E-state index in [9.17, 15) is 4.79 Å². The number of aromatic nitrogens is 3. The second kappa shape index (κ2) is 9.51. The van der Waals surface area contributed by atoms with Crippen LogP contribution in [0.25, 0.3) is 27.4 Å². The van der Waals surface area contributed by atoms with Crippen LogP contribution in [0.5, 0.6) is 5.75 Å². The van der Waals surface area contributed by atoms with Crippen molar-refractivity contribution < 1.29 is 9.53 Å². The number of halogens is 1. The lowest BCUT2D eigenvalue weighted by atomic mass is 10.1. The number of benzene rings is 2. The third-order valence-corrected chi connectivity index (χ3v) is 7.09. The summed E-state index contributed by atoms with van der Waals surface area (Å²) in [5.74, 6) is 0.253. The molecule has 2 N–H and O–H groups in total. The highest BCUT2D eigenvalue weighted by Gasteiger charge is 2.20. The molecule has 4 aromatic rings. The summed E-state index contributed by atoms with van der Waals surface area (Å²) in [5, 5.41) is 1.17.